The Balaban J connectivity index is 1.31. The van der Waals surface area contributed by atoms with Crippen LogP contribution in [0, 0.1) is 0 Å². The largest absolute Gasteiger partial charge is 0.375 e. The minimum atomic E-state index is -0.0353. The Kier molecular flexibility index (Phi) is 5.45. The molecule has 0 unspecified atom stereocenters. The summed E-state index contributed by atoms with van der Waals surface area (Å²) in [5, 5.41) is 10.1. The van der Waals surface area contributed by atoms with Crippen molar-refractivity contribution in [3.8, 4) is 16.8 Å². The van der Waals surface area contributed by atoms with E-state index in [1.54, 1.807) is 0 Å². The monoisotopic (exact) mass is 683 g/mol. The van der Waals surface area contributed by atoms with Crippen molar-refractivity contribution in [2.24, 2.45) is 0 Å². The number of anilines is 3. The number of hydrogen-bond donors (Lipinski definition) is 0. The Morgan fingerprint density at radius 3 is 1.94 bits per heavy atom. The van der Waals surface area contributed by atoms with Crippen molar-refractivity contribution in [2.75, 3.05) is 4.90 Å². The van der Waals surface area contributed by atoms with Gasteiger partial charge in [0.1, 0.15) is 0 Å². The van der Waals surface area contributed by atoms with E-state index in [0.29, 0.717) is 0 Å². The van der Waals surface area contributed by atoms with Crippen LogP contribution in [0.25, 0.3) is 82.0 Å². The summed E-state index contributed by atoms with van der Waals surface area (Å²) in [4.78, 5) is 2.63. The van der Waals surface area contributed by atoms with Gasteiger partial charge in [-0.3, -0.25) is 0 Å². The highest BCUT2D eigenvalue weighted by molar-refractivity contribution is 6.90. The molecule has 4 heterocycles. The Hall–Kier alpha value is -7.04. The molecule has 2 aliphatic rings. The summed E-state index contributed by atoms with van der Waals surface area (Å²) in [5.74, 6) is 0. The maximum absolute atomic E-state index is 2.67. The molecule has 11 aromatic rings. The van der Waals surface area contributed by atoms with Crippen molar-refractivity contribution in [1.29, 1.82) is 0 Å². The normalized spacial score (nSPS) is 13.1. The molecule has 0 saturated heterocycles. The lowest BCUT2D eigenvalue weighted by atomic mass is 9.44. The molecule has 2 aromatic heterocycles. The molecular formula is C50H30BN3. The maximum Gasteiger partial charge on any atom is 0.333 e. The molecule has 9 aromatic carbocycles. The predicted molar refractivity (Wildman–Crippen MR) is 229 cm³/mol. The van der Waals surface area contributed by atoms with Gasteiger partial charge in [-0.05, 0) is 75.1 Å². The zero-order valence-corrected chi connectivity index (χ0v) is 29.2. The van der Waals surface area contributed by atoms with E-state index >= 15 is 0 Å². The first-order valence-corrected chi connectivity index (χ1v) is 18.8. The second kappa shape index (κ2) is 10.3. The number of benzene rings is 9. The van der Waals surface area contributed by atoms with Crippen molar-refractivity contribution in [3.63, 3.8) is 0 Å². The minimum Gasteiger partial charge on any atom is -0.375 e. The lowest BCUT2D eigenvalue weighted by Crippen LogP contribution is -2.56. The third-order valence-electron chi connectivity index (χ3n) is 12.2. The second-order valence-electron chi connectivity index (χ2n) is 14.9. The molecule has 0 amide bonds. The van der Waals surface area contributed by atoms with E-state index in [1.165, 1.54) is 98.6 Å². The van der Waals surface area contributed by atoms with Crippen LogP contribution in [0.4, 0.5) is 17.1 Å². The lowest BCUT2D eigenvalue weighted by molar-refractivity contribution is 1.18. The van der Waals surface area contributed by atoms with Crippen LogP contribution in [-0.4, -0.2) is 15.9 Å². The highest BCUT2D eigenvalue weighted by atomic mass is 15.2. The summed E-state index contributed by atoms with van der Waals surface area (Å²) < 4.78 is 5.15. The van der Waals surface area contributed by atoms with Crippen molar-refractivity contribution in [2.45, 2.75) is 0 Å². The van der Waals surface area contributed by atoms with E-state index in [1.807, 2.05) is 0 Å². The van der Waals surface area contributed by atoms with Gasteiger partial charge >= 0.3 is 6.85 Å². The van der Waals surface area contributed by atoms with Gasteiger partial charge in [0, 0.05) is 54.9 Å². The average molecular weight is 684 g/mol. The zero-order valence-electron chi connectivity index (χ0n) is 29.2. The molecule has 0 radical (unpaired) electrons. The van der Waals surface area contributed by atoms with E-state index in [9.17, 15) is 0 Å². The van der Waals surface area contributed by atoms with Gasteiger partial charge in [0.2, 0.25) is 0 Å². The standard InChI is InChI=1S/C50H30BN3/c1-2-16-34(17-3-1)52-43-23-10-9-20-40(43)46-45(52)30-41-39-22-12-21-38-37-19-8-11-24-44(37)54(48(38)39)51-42-28-26-32-14-6-7-18-36(32)49(42)53(50(46)47(41)51)35-27-25-31-13-4-5-15-33(31)29-35/h1-30H. The van der Waals surface area contributed by atoms with Gasteiger partial charge in [-0.25, -0.2) is 0 Å². The van der Waals surface area contributed by atoms with Gasteiger partial charge < -0.3 is 13.9 Å². The first-order chi connectivity index (χ1) is 26.8. The third kappa shape index (κ3) is 3.53. The van der Waals surface area contributed by atoms with Crippen molar-refractivity contribution in [1.82, 2.24) is 9.05 Å². The quantitative estimate of drug-likeness (QED) is 0.165. The van der Waals surface area contributed by atoms with E-state index in [0.717, 1.165) is 11.4 Å². The average Bonchev–Trinajstić information content (AvgIpc) is 3.75. The molecule has 0 spiro atoms. The lowest BCUT2D eigenvalue weighted by Gasteiger charge is -2.41. The van der Waals surface area contributed by atoms with Crippen LogP contribution in [0.2, 0.25) is 0 Å². The van der Waals surface area contributed by atoms with Crippen LogP contribution in [0.5, 0.6) is 0 Å². The number of fused-ring (bicyclic) bond motifs is 14. The molecule has 0 saturated carbocycles. The smallest absolute Gasteiger partial charge is 0.333 e. The molecule has 0 bridgehead atoms. The van der Waals surface area contributed by atoms with Crippen molar-refractivity contribution >= 4 is 100.0 Å². The van der Waals surface area contributed by atoms with Crippen LogP contribution in [-0.2, 0) is 0 Å². The first-order valence-electron chi connectivity index (χ1n) is 18.8. The van der Waals surface area contributed by atoms with Gasteiger partial charge in [-0.2, -0.15) is 0 Å². The number of para-hydroxylation sites is 4. The fourth-order valence-electron chi connectivity index (χ4n) is 10.1. The van der Waals surface area contributed by atoms with E-state index in [4.69, 9.17) is 0 Å². The number of rotatable bonds is 2. The zero-order chi connectivity index (χ0) is 35.1. The van der Waals surface area contributed by atoms with Crippen LogP contribution in [0.1, 0.15) is 0 Å². The Bertz CT molecular complexity index is 3410. The second-order valence-corrected chi connectivity index (χ2v) is 14.9. The van der Waals surface area contributed by atoms with Gasteiger partial charge in [0.05, 0.1) is 22.4 Å². The molecule has 0 fully saturated rings. The third-order valence-corrected chi connectivity index (χ3v) is 12.2. The molecule has 13 rings (SSSR count). The topological polar surface area (TPSA) is 13.1 Å². The van der Waals surface area contributed by atoms with E-state index < -0.39 is 0 Å². The maximum atomic E-state index is 2.67. The summed E-state index contributed by atoms with van der Waals surface area (Å²) >= 11 is 0. The van der Waals surface area contributed by atoms with Gasteiger partial charge in [0.25, 0.3) is 0 Å². The van der Waals surface area contributed by atoms with Crippen LogP contribution >= 0.6 is 0 Å². The fraction of sp³-hybridized carbons (Fsp3) is 0. The van der Waals surface area contributed by atoms with Crippen LogP contribution in [0.3, 0.4) is 0 Å². The van der Waals surface area contributed by atoms with Crippen molar-refractivity contribution in [3.05, 3.63) is 182 Å². The molecule has 248 valence electrons. The number of hydrogen-bond acceptors (Lipinski definition) is 1. The highest BCUT2D eigenvalue weighted by Gasteiger charge is 2.45. The van der Waals surface area contributed by atoms with Crippen LogP contribution in [0.15, 0.2) is 182 Å². The molecule has 4 heteroatoms. The molecular weight excluding hydrogens is 653 g/mol. The van der Waals surface area contributed by atoms with E-state index in [-0.39, 0.29) is 6.85 Å². The summed E-state index contributed by atoms with van der Waals surface area (Å²) in [5.41, 5.74) is 15.1. The number of nitrogens with zero attached hydrogens (tertiary/aromatic N) is 3. The molecule has 54 heavy (non-hydrogen) atoms. The molecule has 0 atom stereocenters. The van der Waals surface area contributed by atoms with Gasteiger partial charge in [-0.15, -0.1) is 0 Å². The van der Waals surface area contributed by atoms with Crippen LogP contribution < -0.4 is 15.8 Å². The summed E-state index contributed by atoms with van der Waals surface area (Å²) in [7, 11) is 0. The highest BCUT2D eigenvalue weighted by Crippen LogP contribution is 2.51. The summed E-state index contributed by atoms with van der Waals surface area (Å²) in [6.45, 7) is -0.0353. The molecule has 0 aliphatic carbocycles. The first kappa shape index (κ1) is 28.5. The Labute approximate surface area is 311 Å². The Morgan fingerprint density at radius 2 is 1.07 bits per heavy atom. The number of aromatic nitrogens is 2. The Morgan fingerprint density at radius 1 is 0.389 bits per heavy atom. The molecule has 2 aliphatic heterocycles. The molecule has 3 nitrogen and oxygen atoms in total. The fourth-order valence-corrected chi connectivity index (χ4v) is 10.1. The summed E-state index contributed by atoms with van der Waals surface area (Å²) in [6.07, 6.45) is 0. The van der Waals surface area contributed by atoms with Gasteiger partial charge in [-0.1, -0.05) is 140 Å². The SMILES string of the molecule is c1ccc(-n2c3ccccc3c3c4c5c(cc32)-c2cccc3c6ccccc6n(c23)B5c2ccc3ccccc3c2N4c2ccc3ccccc3c2)cc1. The summed E-state index contributed by atoms with van der Waals surface area (Å²) in [6, 6.07) is 67.7. The minimum absolute atomic E-state index is 0.0353. The molecule has 0 N–H and O–H groups in total. The van der Waals surface area contributed by atoms with E-state index in [2.05, 4.69) is 196 Å². The van der Waals surface area contributed by atoms with Crippen molar-refractivity contribution < 1.29 is 0 Å². The predicted octanol–water partition coefficient (Wildman–Crippen LogP) is 11.6. The van der Waals surface area contributed by atoms with Gasteiger partial charge in [0.15, 0.2) is 0 Å².